The van der Waals surface area contributed by atoms with Crippen LogP contribution in [0.4, 0.5) is 43.4 Å². The Balaban J connectivity index is 0.000000205. The number of phenols is 1. The Morgan fingerprint density at radius 1 is 0.331 bits per heavy atom. The average molecular weight is 1800 g/mol. The summed E-state index contributed by atoms with van der Waals surface area (Å²) in [5.74, 6) is -1.82. The van der Waals surface area contributed by atoms with E-state index in [1.165, 1.54) is 30.3 Å². The van der Waals surface area contributed by atoms with E-state index in [4.69, 9.17) is 53.1 Å². The maximum atomic E-state index is 15.0. The second-order valence-electron chi connectivity index (χ2n) is 24.6. The maximum Gasteiger partial charge on any atom is 1.00 e. The summed E-state index contributed by atoms with van der Waals surface area (Å²) >= 11 is 9.03. The second kappa shape index (κ2) is 47.8. The molecular weight excluding hydrogens is 1730 g/mol. The molecule has 13 nitrogen and oxygen atoms in total. The number of rotatable bonds is 16. The van der Waals surface area contributed by atoms with Gasteiger partial charge in [0.05, 0.1) is 20.4 Å². The van der Waals surface area contributed by atoms with E-state index in [9.17, 15) is 40.0 Å². The Kier molecular flexibility index (Phi) is 38.9. The molecule has 589 valence electrons. The molecule has 0 fully saturated rings. The summed E-state index contributed by atoms with van der Waals surface area (Å²) in [5.41, 5.74) is 19.0. The summed E-state index contributed by atoms with van der Waals surface area (Å²) in [6.45, 7) is -3.11. The third-order valence-electron chi connectivity index (χ3n) is 16.6. The molecule has 118 heavy (non-hydrogen) atoms. The van der Waals surface area contributed by atoms with Crippen LogP contribution >= 0.6 is 55.1 Å². The van der Waals surface area contributed by atoms with Crippen molar-refractivity contribution in [2.24, 2.45) is 0 Å². The number of phenolic OH excluding ortho intramolecular Hbond substituents is 1. The first-order valence-electron chi connectivity index (χ1n) is 34.9. The first-order valence-corrected chi connectivity index (χ1v) is 43.5. The van der Waals surface area contributed by atoms with Crippen molar-refractivity contribution in [1.82, 2.24) is 0 Å². The molecule has 0 aromatic heterocycles. The van der Waals surface area contributed by atoms with Gasteiger partial charge in [0.15, 0.2) is 21.4 Å². The molecule has 0 atom stereocenters. The molecule has 0 aliphatic heterocycles. The molecule has 0 saturated carbocycles. The van der Waals surface area contributed by atoms with Gasteiger partial charge in [0, 0.05) is 153 Å². The molecule has 1 radical (unpaired) electrons. The molecule has 0 saturated heterocycles. The molecule has 0 bridgehead atoms. The third kappa shape index (κ3) is 26.8. The van der Waals surface area contributed by atoms with Gasteiger partial charge >= 0.3 is 51.4 Å². The number of benzene rings is 15. The molecule has 7 N–H and O–H groups in total. The maximum absolute atomic E-state index is 15.0. The zero-order valence-corrected chi connectivity index (χ0v) is 75.4. The fraction of sp³-hybridized carbons (Fsp3) is 0. The summed E-state index contributed by atoms with van der Waals surface area (Å²) in [6, 6.07) is 108. The molecular formula is C91H72BrClF6K2N3O10P4. The van der Waals surface area contributed by atoms with E-state index in [-0.39, 0.29) is 130 Å². The predicted octanol–water partition coefficient (Wildman–Crippen LogP) is 15.2. The summed E-state index contributed by atoms with van der Waals surface area (Å²) in [4.78, 5) is 11.2. The van der Waals surface area contributed by atoms with Crippen LogP contribution in [0.5, 0.6) is 28.7 Å². The minimum Gasteiger partial charge on any atom is -0.662 e. The van der Waals surface area contributed by atoms with Crippen molar-refractivity contribution in [3.63, 3.8) is 0 Å². The van der Waals surface area contributed by atoms with Crippen molar-refractivity contribution in [1.29, 1.82) is 0 Å². The number of nitrogens with two attached hydrogens (primary N) is 3. The van der Waals surface area contributed by atoms with Crippen LogP contribution in [-0.4, -0.2) is 63.0 Å². The SMILES string of the molecule is Fc1ccc(Br)c(F)c1.Nc1cccc(O)c1.Nc1cccc(Oc2ccc(P(=O)(c3ccccc3)c3ccccc3)c(Oc3cccc(N)c3)c2)c1.O=CO[O-].O=P(Cl)(c1ccccc1)c1ccccc1.O=P(c1ccccc1)(c1ccccc1)c1ccc(F)cc1F.O=P(c1ccccc1)(c1ccccc1)c1ccc(F)cc1F.[K+].[K]. The second-order valence-corrected chi connectivity index (χ2v) is 37.1. The number of nitrogen functional groups attached to an aromatic ring is 3. The molecule has 0 heterocycles. The topological polar surface area (TPSA) is 234 Å². The van der Waals surface area contributed by atoms with Gasteiger partial charge in [0.25, 0.3) is 6.47 Å². The minimum absolute atomic E-state index is 0. The Hall–Kier alpha value is -8.93. The number of carbonyl (C=O) groups is 1. The van der Waals surface area contributed by atoms with Gasteiger partial charge in [-0.25, -0.2) is 26.3 Å². The van der Waals surface area contributed by atoms with Crippen LogP contribution in [0.2, 0.25) is 0 Å². The van der Waals surface area contributed by atoms with Crippen LogP contribution in [-0.2, 0) is 27.9 Å². The molecule has 0 aliphatic carbocycles. The van der Waals surface area contributed by atoms with Gasteiger partial charge in [-0.15, -0.1) is 0 Å². The fourth-order valence-corrected chi connectivity index (χ4v) is 21.7. The standard InChI is InChI=1S/C30H25N2O3P.2C18H13F2OP.C12H10ClOP.C6H3BrF2.C6H7NO.CH2O3.2K/c31-22-9-7-11-24(19-22)34-26-17-18-30(29(21-26)35-25-12-8-10-23(32)20-25)36(33,27-13-3-1-4-14-27)28-15-5-2-6-16-28;2*19-14-11-12-18(17(20)13-14)22(21,15-7-3-1-4-8-15)16-9-5-2-6-10-16;13-15(14,11-7-3-1-4-8-11)12-9-5-2-6-10-12;7-5-2-1-4(8)3-6(5)9;7-5-2-1-3-6(8)4-5;2-1-4-3;;/h1-21H,31-32H2;2*1-13H;1-10H;1-3H;1-4,8H,7H2;1,3H;;/q;;;;;;;;+1/p-1. The molecule has 15 aromatic carbocycles. The van der Waals surface area contributed by atoms with E-state index < -0.39 is 62.8 Å². The molecule has 0 amide bonds. The van der Waals surface area contributed by atoms with Gasteiger partial charge in [-0.05, 0) is 112 Å². The fourth-order valence-electron chi connectivity index (χ4n) is 11.3. The molecule has 27 heteroatoms. The largest absolute Gasteiger partial charge is 1.00 e. The normalized spacial score (nSPS) is 10.6. The van der Waals surface area contributed by atoms with Crippen LogP contribution < -0.4 is 142 Å². The van der Waals surface area contributed by atoms with E-state index in [1.807, 2.05) is 127 Å². The molecule has 0 aliphatic rings. The van der Waals surface area contributed by atoms with E-state index in [0.29, 0.717) is 87.8 Å². The number of halogens is 8. The predicted molar refractivity (Wildman–Crippen MR) is 464 cm³/mol. The molecule has 15 aromatic rings. The van der Waals surface area contributed by atoms with Crippen LogP contribution in [0, 0.1) is 34.9 Å². The summed E-state index contributed by atoms with van der Waals surface area (Å²) in [5, 5.41) is 22.6. The quantitative estimate of drug-likeness (QED) is 0.0103. The van der Waals surface area contributed by atoms with Crippen molar-refractivity contribution in [3.05, 3.63) is 428 Å². The van der Waals surface area contributed by atoms with Crippen LogP contribution in [0.25, 0.3) is 0 Å². The monoisotopic (exact) mass is 1800 g/mol. The smallest absolute Gasteiger partial charge is 0.662 e. The van der Waals surface area contributed by atoms with E-state index in [2.05, 4.69) is 20.8 Å². The van der Waals surface area contributed by atoms with Crippen LogP contribution in [0.1, 0.15) is 0 Å². The summed E-state index contributed by atoms with van der Waals surface area (Å²) in [7, 11) is -10.1. The van der Waals surface area contributed by atoms with Gasteiger partial charge in [-0.1, -0.05) is 261 Å². The molecule has 15 rings (SSSR count). The van der Waals surface area contributed by atoms with Gasteiger partial charge in [0.1, 0.15) is 63.7 Å². The van der Waals surface area contributed by atoms with E-state index in [0.717, 1.165) is 30.3 Å². The van der Waals surface area contributed by atoms with Crippen LogP contribution in [0.15, 0.2) is 393 Å². The minimum atomic E-state index is -3.38. The number of anilines is 3. The van der Waals surface area contributed by atoms with Crippen molar-refractivity contribution in [3.8, 4) is 28.7 Å². The van der Waals surface area contributed by atoms with Crippen molar-refractivity contribution < 1.29 is 126 Å². The number of aromatic hydroxyl groups is 1. The Bertz CT molecular complexity index is 5570. The number of hydrogen-bond donors (Lipinski definition) is 4. The van der Waals surface area contributed by atoms with Gasteiger partial charge in [-0.3, -0.25) is 9.36 Å². The van der Waals surface area contributed by atoms with Gasteiger partial charge in [0.2, 0.25) is 6.49 Å². The first kappa shape index (κ1) is 96.2. The van der Waals surface area contributed by atoms with Gasteiger partial charge in [-0.2, -0.15) is 0 Å². The first-order chi connectivity index (χ1) is 55.9. The number of ether oxygens (including phenoxy) is 2. The Labute approximate surface area is 778 Å². The Morgan fingerprint density at radius 2 is 0.602 bits per heavy atom. The molecule has 0 unspecified atom stereocenters. The van der Waals surface area contributed by atoms with Crippen molar-refractivity contribution in [2.75, 3.05) is 17.2 Å². The summed E-state index contributed by atoms with van der Waals surface area (Å²) in [6.07, 6.45) is 0. The number of hydrogen-bond acceptors (Lipinski definition) is 13. The van der Waals surface area contributed by atoms with E-state index in [1.54, 1.807) is 200 Å². The summed E-state index contributed by atoms with van der Waals surface area (Å²) < 4.78 is 147. The van der Waals surface area contributed by atoms with Gasteiger partial charge < -0.3 is 55.6 Å². The van der Waals surface area contributed by atoms with Crippen molar-refractivity contribution >= 4 is 188 Å². The zero-order valence-electron chi connectivity index (χ0n) is 63.2. The third-order valence-corrected chi connectivity index (χ3v) is 29.7. The Morgan fingerprint density at radius 3 is 0.881 bits per heavy atom. The van der Waals surface area contributed by atoms with Crippen LogP contribution in [0.3, 0.4) is 0 Å². The zero-order chi connectivity index (χ0) is 83.1. The average Bonchev–Trinajstić information content (AvgIpc) is 0.761. The van der Waals surface area contributed by atoms with Crippen molar-refractivity contribution in [2.45, 2.75) is 0 Å². The van der Waals surface area contributed by atoms with E-state index >= 15 is 4.57 Å². The molecule has 0 spiro atoms. The number of carbonyl (C=O) groups excluding carboxylic acids is 1.